The number of carbonyl (C=O) groups is 1. The van der Waals surface area contributed by atoms with Gasteiger partial charge in [0.05, 0.1) is 19.5 Å². The van der Waals surface area contributed by atoms with Crippen LogP contribution < -0.4 is 0 Å². The average Bonchev–Trinajstić information content (AvgIpc) is 2.44. The van der Waals surface area contributed by atoms with Crippen LogP contribution in [0.4, 0.5) is 0 Å². The molecule has 1 aromatic carbocycles. The summed E-state index contributed by atoms with van der Waals surface area (Å²) in [5, 5.41) is 0. The maximum atomic E-state index is 10.9. The fourth-order valence-electron chi connectivity index (χ4n) is 2.10. The van der Waals surface area contributed by atoms with Crippen molar-refractivity contribution in [2.45, 2.75) is 38.6 Å². The fourth-order valence-corrected chi connectivity index (χ4v) is 2.10. The number of hydrogen-bond acceptors (Lipinski definition) is 4. The molecule has 108 valence electrons. The summed E-state index contributed by atoms with van der Waals surface area (Å²) >= 11 is 0. The summed E-state index contributed by atoms with van der Waals surface area (Å²) < 4.78 is 16.3. The van der Waals surface area contributed by atoms with Crippen molar-refractivity contribution in [3.8, 4) is 0 Å². The first-order valence-electron chi connectivity index (χ1n) is 6.85. The van der Waals surface area contributed by atoms with Crippen molar-refractivity contribution in [1.29, 1.82) is 0 Å². The minimum Gasteiger partial charge on any atom is -0.498 e. The second kappa shape index (κ2) is 7.70. The molecule has 0 amide bonds. The van der Waals surface area contributed by atoms with Crippen LogP contribution in [0.15, 0.2) is 42.7 Å². The normalized spacial score (nSPS) is 21.2. The Hall–Kier alpha value is -1.81. The lowest BCUT2D eigenvalue weighted by molar-refractivity contribution is -0.146. The molecular weight excluding hydrogens is 256 g/mol. The van der Waals surface area contributed by atoms with Crippen LogP contribution in [0.3, 0.4) is 0 Å². The van der Waals surface area contributed by atoms with Crippen LogP contribution >= 0.6 is 0 Å². The molecule has 20 heavy (non-hydrogen) atoms. The molecule has 0 aromatic heterocycles. The summed E-state index contributed by atoms with van der Waals surface area (Å²) in [6, 6.07) is 10.1. The Bertz CT molecular complexity index is 441. The van der Waals surface area contributed by atoms with Gasteiger partial charge in [0.25, 0.3) is 0 Å². The Kier molecular flexibility index (Phi) is 5.62. The molecule has 0 spiro atoms. The van der Waals surface area contributed by atoms with Crippen molar-refractivity contribution >= 4 is 5.97 Å². The molecule has 1 aliphatic rings. The van der Waals surface area contributed by atoms with Gasteiger partial charge in [0.2, 0.25) is 0 Å². The minimum atomic E-state index is -0.263. The van der Waals surface area contributed by atoms with Crippen molar-refractivity contribution < 1.29 is 19.0 Å². The molecule has 1 aromatic rings. The molecule has 2 rings (SSSR count). The maximum absolute atomic E-state index is 10.9. The summed E-state index contributed by atoms with van der Waals surface area (Å²) in [6.07, 6.45) is 4.71. The van der Waals surface area contributed by atoms with Crippen molar-refractivity contribution in [1.82, 2.24) is 0 Å². The number of carbonyl (C=O) groups excluding carboxylic acids is 1. The van der Waals surface area contributed by atoms with Crippen LogP contribution in [0.1, 0.15) is 25.3 Å². The molecule has 1 aliphatic heterocycles. The van der Waals surface area contributed by atoms with E-state index < -0.39 is 0 Å². The fraction of sp³-hybridized carbons (Fsp3) is 0.438. The van der Waals surface area contributed by atoms with E-state index in [9.17, 15) is 4.79 Å². The zero-order valence-corrected chi connectivity index (χ0v) is 11.7. The monoisotopic (exact) mass is 276 g/mol. The lowest BCUT2D eigenvalue weighted by atomic mass is 10.1. The highest BCUT2D eigenvalue weighted by Gasteiger charge is 2.20. The highest BCUT2D eigenvalue weighted by Crippen LogP contribution is 2.17. The lowest BCUT2D eigenvalue weighted by Gasteiger charge is -2.25. The molecule has 0 fully saturated rings. The van der Waals surface area contributed by atoms with E-state index in [0.29, 0.717) is 19.6 Å². The third-order valence-corrected chi connectivity index (χ3v) is 3.07. The molecule has 1 heterocycles. The molecule has 2 atom stereocenters. The second-order valence-corrected chi connectivity index (χ2v) is 4.80. The van der Waals surface area contributed by atoms with E-state index in [4.69, 9.17) is 14.2 Å². The number of rotatable bonds is 6. The van der Waals surface area contributed by atoms with Crippen LogP contribution in [0.25, 0.3) is 0 Å². The molecule has 0 radical (unpaired) electrons. The summed E-state index contributed by atoms with van der Waals surface area (Å²) in [6.45, 7) is 2.65. The molecule has 0 N–H and O–H groups in total. The van der Waals surface area contributed by atoms with Crippen LogP contribution in [0.5, 0.6) is 0 Å². The first-order chi connectivity index (χ1) is 9.74. The van der Waals surface area contributed by atoms with E-state index in [1.54, 1.807) is 12.3 Å². The zero-order valence-electron chi connectivity index (χ0n) is 11.7. The van der Waals surface area contributed by atoms with Gasteiger partial charge in [-0.1, -0.05) is 30.3 Å². The highest BCUT2D eigenvalue weighted by atomic mass is 16.5. The average molecular weight is 276 g/mol. The van der Waals surface area contributed by atoms with Crippen molar-refractivity contribution in [3.63, 3.8) is 0 Å². The van der Waals surface area contributed by atoms with E-state index in [0.717, 1.165) is 12.0 Å². The highest BCUT2D eigenvalue weighted by molar-refractivity contribution is 5.66. The predicted octanol–water partition coefficient (Wildman–Crippen LogP) is 2.83. The molecular formula is C16H20O4. The molecule has 0 unspecified atom stereocenters. The SMILES string of the molecule is CC(=O)O[C@@H]1C=CO[C@H](CCOCc2ccccc2)C1. The topological polar surface area (TPSA) is 44.8 Å². The van der Waals surface area contributed by atoms with E-state index in [1.165, 1.54) is 6.92 Å². The third-order valence-electron chi connectivity index (χ3n) is 3.07. The number of benzene rings is 1. The number of hydrogen-bond donors (Lipinski definition) is 0. The molecule has 4 nitrogen and oxygen atoms in total. The Labute approximate surface area is 119 Å². The Balaban J connectivity index is 1.65. The molecule has 0 saturated carbocycles. The van der Waals surface area contributed by atoms with Gasteiger partial charge in [0.15, 0.2) is 0 Å². The standard InChI is InChI=1S/C16H20O4/c1-13(17)20-16-8-10-19-15(11-16)7-9-18-12-14-5-3-2-4-6-14/h2-6,8,10,15-16H,7,9,11-12H2,1H3/t15-,16-/m1/s1. The Morgan fingerprint density at radius 2 is 2.15 bits per heavy atom. The van der Waals surface area contributed by atoms with E-state index in [1.807, 2.05) is 30.3 Å². The number of ether oxygens (including phenoxy) is 3. The van der Waals surface area contributed by atoms with E-state index in [2.05, 4.69) is 0 Å². The largest absolute Gasteiger partial charge is 0.498 e. The van der Waals surface area contributed by atoms with Gasteiger partial charge in [0.1, 0.15) is 12.2 Å². The van der Waals surface area contributed by atoms with Crippen LogP contribution in [0.2, 0.25) is 0 Å². The second-order valence-electron chi connectivity index (χ2n) is 4.80. The van der Waals surface area contributed by atoms with Gasteiger partial charge in [-0.15, -0.1) is 0 Å². The summed E-state index contributed by atoms with van der Waals surface area (Å²) in [7, 11) is 0. The Morgan fingerprint density at radius 1 is 1.35 bits per heavy atom. The van der Waals surface area contributed by atoms with Crippen molar-refractivity contribution in [2.24, 2.45) is 0 Å². The first kappa shape index (κ1) is 14.6. The van der Waals surface area contributed by atoms with Gasteiger partial charge in [-0.2, -0.15) is 0 Å². The lowest BCUT2D eigenvalue weighted by Crippen LogP contribution is -2.26. The zero-order chi connectivity index (χ0) is 14.2. The smallest absolute Gasteiger partial charge is 0.303 e. The van der Waals surface area contributed by atoms with E-state index >= 15 is 0 Å². The predicted molar refractivity (Wildman–Crippen MR) is 74.9 cm³/mol. The van der Waals surface area contributed by atoms with Crippen LogP contribution in [-0.4, -0.2) is 24.8 Å². The van der Waals surface area contributed by atoms with Crippen LogP contribution in [-0.2, 0) is 25.6 Å². The molecule has 0 bridgehead atoms. The molecule has 4 heteroatoms. The Morgan fingerprint density at radius 3 is 2.90 bits per heavy atom. The third kappa shape index (κ3) is 5.05. The van der Waals surface area contributed by atoms with Gasteiger partial charge in [-0.3, -0.25) is 4.79 Å². The molecule has 0 aliphatic carbocycles. The van der Waals surface area contributed by atoms with Gasteiger partial charge in [0, 0.05) is 19.8 Å². The maximum Gasteiger partial charge on any atom is 0.303 e. The quantitative estimate of drug-likeness (QED) is 0.592. The van der Waals surface area contributed by atoms with Crippen molar-refractivity contribution in [3.05, 3.63) is 48.2 Å². The van der Waals surface area contributed by atoms with Gasteiger partial charge < -0.3 is 14.2 Å². The van der Waals surface area contributed by atoms with E-state index in [-0.39, 0.29) is 18.2 Å². The van der Waals surface area contributed by atoms with Gasteiger partial charge in [-0.25, -0.2) is 0 Å². The van der Waals surface area contributed by atoms with Crippen LogP contribution in [0, 0.1) is 0 Å². The summed E-state index contributed by atoms with van der Waals surface area (Å²) in [5.74, 6) is -0.263. The van der Waals surface area contributed by atoms with Crippen molar-refractivity contribution in [2.75, 3.05) is 6.61 Å². The summed E-state index contributed by atoms with van der Waals surface area (Å²) in [5.41, 5.74) is 1.16. The minimum absolute atomic E-state index is 0.0418. The summed E-state index contributed by atoms with van der Waals surface area (Å²) in [4.78, 5) is 10.9. The van der Waals surface area contributed by atoms with Gasteiger partial charge >= 0.3 is 5.97 Å². The van der Waals surface area contributed by atoms with Gasteiger partial charge in [-0.05, 0) is 11.6 Å². The number of esters is 1. The molecule has 0 saturated heterocycles. The first-order valence-corrected chi connectivity index (χ1v) is 6.85.